The van der Waals surface area contributed by atoms with Crippen LogP contribution in [0.3, 0.4) is 0 Å². The van der Waals surface area contributed by atoms with Gasteiger partial charge in [-0.3, -0.25) is 4.79 Å². The highest BCUT2D eigenvalue weighted by Gasteiger charge is 2.32. The zero-order chi connectivity index (χ0) is 13.4. The molecule has 1 aliphatic rings. The summed E-state index contributed by atoms with van der Waals surface area (Å²) >= 11 is 0. The fourth-order valence-corrected chi connectivity index (χ4v) is 2.37. The quantitative estimate of drug-likeness (QED) is 0.653. The molecule has 0 heterocycles. The first-order valence-electron chi connectivity index (χ1n) is 6.76. The number of nitrogens with one attached hydrogen (secondary N) is 1. The van der Waals surface area contributed by atoms with E-state index in [9.17, 15) is 4.79 Å². The van der Waals surface area contributed by atoms with Gasteiger partial charge in [0.25, 0.3) is 0 Å². The Bertz CT molecular complexity index is 248. The molecule has 0 aromatic rings. The summed E-state index contributed by atoms with van der Waals surface area (Å²) in [6.45, 7) is 4.33. The van der Waals surface area contributed by atoms with Crippen LogP contribution in [0.5, 0.6) is 0 Å². The molecule has 1 saturated carbocycles. The fourth-order valence-electron chi connectivity index (χ4n) is 2.37. The second kappa shape index (κ2) is 8.45. The Morgan fingerprint density at radius 1 is 1.33 bits per heavy atom. The van der Waals surface area contributed by atoms with Gasteiger partial charge in [0.2, 0.25) is 5.91 Å². The molecule has 1 rings (SSSR count). The van der Waals surface area contributed by atoms with Crippen LogP contribution in [0.2, 0.25) is 0 Å². The Labute approximate surface area is 109 Å². The van der Waals surface area contributed by atoms with E-state index in [1.54, 1.807) is 7.11 Å². The van der Waals surface area contributed by atoms with E-state index >= 15 is 0 Å². The Kier molecular flexibility index (Phi) is 7.23. The highest BCUT2D eigenvalue weighted by molar-refractivity contribution is 5.79. The molecular weight excluding hydrogens is 232 g/mol. The van der Waals surface area contributed by atoms with Crippen molar-refractivity contribution in [3.8, 4) is 0 Å². The van der Waals surface area contributed by atoms with E-state index in [4.69, 9.17) is 15.2 Å². The summed E-state index contributed by atoms with van der Waals surface area (Å²) in [6.07, 6.45) is 3.13. The van der Waals surface area contributed by atoms with Crippen LogP contribution in [0.1, 0.15) is 26.2 Å². The number of hydrogen-bond donors (Lipinski definition) is 2. The van der Waals surface area contributed by atoms with Crippen LogP contribution in [0, 0.1) is 11.8 Å². The lowest BCUT2D eigenvalue weighted by Gasteiger charge is -2.32. The SMILES string of the molecule is COCCOCCNC(=O)C1CCCC(C)C1N. The van der Waals surface area contributed by atoms with Crippen molar-refractivity contribution in [2.75, 3.05) is 33.5 Å². The van der Waals surface area contributed by atoms with Crippen molar-refractivity contribution in [2.45, 2.75) is 32.2 Å². The van der Waals surface area contributed by atoms with Crippen LogP contribution in [0.25, 0.3) is 0 Å². The number of methoxy groups -OCH3 is 1. The molecule has 18 heavy (non-hydrogen) atoms. The second-order valence-corrected chi connectivity index (χ2v) is 4.99. The number of ether oxygens (including phenoxy) is 2. The fraction of sp³-hybridized carbons (Fsp3) is 0.923. The highest BCUT2D eigenvalue weighted by Crippen LogP contribution is 2.27. The molecule has 3 unspecified atom stereocenters. The van der Waals surface area contributed by atoms with Gasteiger partial charge in [-0.25, -0.2) is 0 Å². The second-order valence-electron chi connectivity index (χ2n) is 4.99. The van der Waals surface area contributed by atoms with E-state index in [0.717, 1.165) is 19.3 Å². The molecule has 0 aromatic carbocycles. The summed E-state index contributed by atoms with van der Waals surface area (Å²) in [7, 11) is 1.64. The number of amides is 1. The van der Waals surface area contributed by atoms with E-state index in [0.29, 0.717) is 32.3 Å². The first kappa shape index (κ1) is 15.4. The topological polar surface area (TPSA) is 73.6 Å². The number of hydrogen-bond acceptors (Lipinski definition) is 4. The molecule has 106 valence electrons. The molecular formula is C13H26N2O3. The van der Waals surface area contributed by atoms with E-state index in [1.807, 2.05) is 0 Å². The monoisotopic (exact) mass is 258 g/mol. The van der Waals surface area contributed by atoms with Gasteiger partial charge in [-0.2, -0.15) is 0 Å². The molecule has 5 heteroatoms. The predicted molar refractivity (Wildman–Crippen MR) is 70.2 cm³/mol. The largest absolute Gasteiger partial charge is 0.382 e. The molecule has 0 aromatic heterocycles. The summed E-state index contributed by atoms with van der Waals surface area (Å²) in [5.41, 5.74) is 6.08. The van der Waals surface area contributed by atoms with Gasteiger partial charge in [-0.05, 0) is 18.8 Å². The van der Waals surface area contributed by atoms with Crippen molar-refractivity contribution in [3.05, 3.63) is 0 Å². The molecule has 0 spiro atoms. The predicted octanol–water partition coefficient (Wildman–Crippen LogP) is 0.529. The van der Waals surface area contributed by atoms with Gasteiger partial charge in [0, 0.05) is 19.7 Å². The lowest BCUT2D eigenvalue weighted by molar-refractivity contribution is -0.127. The van der Waals surface area contributed by atoms with Crippen molar-refractivity contribution in [1.82, 2.24) is 5.32 Å². The van der Waals surface area contributed by atoms with Crippen LogP contribution in [-0.2, 0) is 14.3 Å². The van der Waals surface area contributed by atoms with Crippen LogP contribution in [0.4, 0.5) is 0 Å². The van der Waals surface area contributed by atoms with Gasteiger partial charge in [-0.15, -0.1) is 0 Å². The Hall–Kier alpha value is -0.650. The highest BCUT2D eigenvalue weighted by atomic mass is 16.5. The van der Waals surface area contributed by atoms with E-state index in [1.165, 1.54) is 0 Å². The third kappa shape index (κ3) is 4.92. The van der Waals surface area contributed by atoms with Gasteiger partial charge in [-0.1, -0.05) is 13.3 Å². The molecule has 1 fully saturated rings. The number of rotatable bonds is 7. The normalized spacial score (nSPS) is 28.1. The molecule has 3 atom stereocenters. The Balaban J connectivity index is 2.15. The molecule has 1 aliphatic carbocycles. The third-order valence-electron chi connectivity index (χ3n) is 3.61. The molecule has 0 bridgehead atoms. The molecule has 0 aliphatic heterocycles. The smallest absolute Gasteiger partial charge is 0.224 e. The van der Waals surface area contributed by atoms with E-state index < -0.39 is 0 Å². The maximum absolute atomic E-state index is 12.0. The summed E-state index contributed by atoms with van der Waals surface area (Å²) in [5, 5.41) is 2.90. The lowest BCUT2D eigenvalue weighted by Crippen LogP contribution is -2.47. The standard InChI is InChI=1S/C13H26N2O3/c1-10-4-3-5-11(12(10)14)13(16)15-6-7-18-9-8-17-2/h10-12H,3-9,14H2,1-2H3,(H,15,16). The lowest BCUT2D eigenvalue weighted by atomic mass is 9.78. The summed E-state index contributed by atoms with van der Waals surface area (Å²) in [5.74, 6) is 0.476. The van der Waals surface area contributed by atoms with Crippen molar-refractivity contribution in [2.24, 2.45) is 17.6 Å². The average Bonchev–Trinajstić information content (AvgIpc) is 2.36. The molecule has 0 radical (unpaired) electrons. The Morgan fingerprint density at radius 3 is 2.83 bits per heavy atom. The van der Waals surface area contributed by atoms with Crippen LogP contribution in [0.15, 0.2) is 0 Å². The first-order valence-corrected chi connectivity index (χ1v) is 6.76. The van der Waals surface area contributed by atoms with Crippen molar-refractivity contribution in [1.29, 1.82) is 0 Å². The van der Waals surface area contributed by atoms with Gasteiger partial charge in [0.15, 0.2) is 0 Å². The Morgan fingerprint density at radius 2 is 2.11 bits per heavy atom. The zero-order valence-electron chi connectivity index (χ0n) is 11.5. The van der Waals surface area contributed by atoms with Gasteiger partial charge in [0.05, 0.1) is 25.7 Å². The van der Waals surface area contributed by atoms with Gasteiger partial charge in [0.1, 0.15) is 0 Å². The van der Waals surface area contributed by atoms with Crippen LogP contribution >= 0.6 is 0 Å². The van der Waals surface area contributed by atoms with Crippen molar-refractivity contribution < 1.29 is 14.3 Å². The maximum atomic E-state index is 12.0. The first-order chi connectivity index (χ1) is 8.66. The molecule has 3 N–H and O–H groups in total. The minimum Gasteiger partial charge on any atom is -0.382 e. The number of nitrogens with two attached hydrogens (primary N) is 1. The van der Waals surface area contributed by atoms with Crippen LogP contribution < -0.4 is 11.1 Å². The maximum Gasteiger partial charge on any atom is 0.224 e. The summed E-state index contributed by atoms with van der Waals surface area (Å²) in [4.78, 5) is 12.0. The minimum atomic E-state index is -0.0345. The van der Waals surface area contributed by atoms with Crippen molar-refractivity contribution >= 4 is 5.91 Å². The van der Waals surface area contributed by atoms with E-state index in [-0.39, 0.29) is 17.9 Å². The summed E-state index contributed by atoms with van der Waals surface area (Å²) < 4.78 is 10.2. The molecule has 5 nitrogen and oxygen atoms in total. The summed E-state index contributed by atoms with van der Waals surface area (Å²) in [6, 6.07) is -0.00633. The van der Waals surface area contributed by atoms with Crippen molar-refractivity contribution in [3.63, 3.8) is 0 Å². The molecule has 1 amide bonds. The van der Waals surface area contributed by atoms with Gasteiger partial charge < -0.3 is 20.5 Å². The molecule has 0 saturated heterocycles. The van der Waals surface area contributed by atoms with Crippen LogP contribution in [-0.4, -0.2) is 45.4 Å². The average molecular weight is 258 g/mol. The number of carbonyl (C=O) groups excluding carboxylic acids is 1. The number of carbonyl (C=O) groups is 1. The zero-order valence-corrected chi connectivity index (χ0v) is 11.5. The minimum absolute atomic E-state index is 0.00633. The van der Waals surface area contributed by atoms with E-state index in [2.05, 4.69) is 12.2 Å². The third-order valence-corrected chi connectivity index (χ3v) is 3.61. The van der Waals surface area contributed by atoms with Gasteiger partial charge >= 0.3 is 0 Å².